The Labute approximate surface area is 129 Å². The highest BCUT2D eigenvalue weighted by molar-refractivity contribution is 5.92. The zero-order valence-electron chi connectivity index (χ0n) is 12.4. The fourth-order valence-electron chi connectivity index (χ4n) is 2.98. The molecule has 1 aliphatic rings. The highest BCUT2D eigenvalue weighted by Gasteiger charge is 2.24. The van der Waals surface area contributed by atoms with E-state index in [0.29, 0.717) is 12.2 Å². The summed E-state index contributed by atoms with van der Waals surface area (Å²) in [5.41, 5.74) is 1.59. The molecule has 2 heterocycles. The van der Waals surface area contributed by atoms with Gasteiger partial charge in [0.05, 0.1) is 0 Å². The highest BCUT2D eigenvalue weighted by atomic mass is 19.1. The standard InChI is InChI=1S/C18H19FN2O/c19-16-9-7-14(8-10-16)15-5-2-4-12-21(13-15)18(22)17-6-1-3-11-20-17/h1,3,6-11,15H,2,4-5,12-13H2. The van der Waals surface area contributed by atoms with Crippen molar-refractivity contribution in [1.29, 1.82) is 0 Å². The normalized spacial score (nSPS) is 18.8. The quantitative estimate of drug-likeness (QED) is 0.848. The van der Waals surface area contributed by atoms with Gasteiger partial charge in [0.1, 0.15) is 11.5 Å². The molecule has 1 aliphatic heterocycles. The monoisotopic (exact) mass is 298 g/mol. The first-order valence-corrected chi connectivity index (χ1v) is 7.70. The van der Waals surface area contributed by atoms with Crippen LogP contribution >= 0.6 is 0 Å². The molecule has 22 heavy (non-hydrogen) atoms. The van der Waals surface area contributed by atoms with Crippen LogP contribution in [0, 0.1) is 5.82 Å². The minimum absolute atomic E-state index is 0.0189. The molecule has 0 N–H and O–H groups in total. The predicted octanol–water partition coefficient (Wildman–Crippen LogP) is 3.63. The number of nitrogens with zero attached hydrogens (tertiary/aromatic N) is 2. The SMILES string of the molecule is O=C(c1ccccn1)N1CCCCC(c2ccc(F)cc2)C1. The Morgan fingerprint density at radius 2 is 1.95 bits per heavy atom. The molecule has 1 unspecified atom stereocenters. The third-order valence-electron chi connectivity index (χ3n) is 4.18. The molecular weight excluding hydrogens is 279 g/mol. The van der Waals surface area contributed by atoms with Crippen LogP contribution in [0.1, 0.15) is 41.2 Å². The first-order valence-electron chi connectivity index (χ1n) is 7.70. The van der Waals surface area contributed by atoms with Crippen LogP contribution in [0.5, 0.6) is 0 Å². The number of hydrogen-bond acceptors (Lipinski definition) is 2. The van der Waals surface area contributed by atoms with Crippen molar-refractivity contribution in [3.63, 3.8) is 0 Å². The summed E-state index contributed by atoms with van der Waals surface area (Å²) < 4.78 is 13.1. The van der Waals surface area contributed by atoms with Crippen LogP contribution in [0.2, 0.25) is 0 Å². The molecule has 3 nitrogen and oxygen atoms in total. The lowest BCUT2D eigenvalue weighted by molar-refractivity contribution is 0.0748. The van der Waals surface area contributed by atoms with Crippen LogP contribution in [0.4, 0.5) is 4.39 Å². The van der Waals surface area contributed by atoms with Crippen molar-refractivity contribution in [2.24, 2.45) is 0 Å². The lowest BCUT2D eigenvalue weighted by Crippen LogP contribution is -2.34. The van der Waals surface area contributed by atoms with Gasteiger partial charge in [-0.15, -0.1) is 0 Å². The lowest BCUT2D eigenvalue weighted by Gasteiger charge is -2.24. The number of aromatic nitrogens is 1. The Hall–Kier alpha value is -2.23. The number of benzene rings is 1. The molecule has 1 aromatic carbocycles. The van der Waals surface area contributed by atoms with Crippen LogP contribution in [0.25, 0.3) is 0 Å². The van der Waals surface area contributed by atoms with E-state index >= 15 is 0 Å². The zero-order chi connectivity index (χ0) is 15.4. The second-order valence-corrected chi connectivity index (χ2v) is 5.71. The van der Waals surface area contributed by atoms with Crippen molar-refractivity contribution in [2.75, 3.05) is 13.1 Å². The Balaban J connectivity index is 1.78. The number of carbonyl (C=O) groups is 1. The zero-order valence-corrected chi connectivity index (χ0v) is 12.4. The summed E-state index contributed by atoms with van der Waals surface area (Å²) in [5.74, 6) is 0.0177. The molecule has 1 saturated heterocycles. The number of amides is 1. The van der Waals surface area contributed by atoms with E-state index in [1.54, 1.807) is 18.3 Å². The van der Waals surface area contributed by atoms with Gasteiger partial charge in [-0.2, -0.15) is 0 Å². The van der Waals surface area contributed by atoms with Gasteiger partial charge in [0.15, 0.2) is 0 Å². The average molecular weight is 298 g/mol. The average Bonchev–Trinajstić information content (AvgIpc) is 2.82. The van der Waals surface area contributed by atoms with Crippen LogP contribution in [0.15, 0.2) is 48.7 Å². The van der Waals surface area contributed by atoms with Gasteiger partial charge in [-0.05, 0) is 42.7 Å². The molecule has 2 aromatic rings. The van der Waals surface area contributed by atoms with Crippen molar-refractivity contribution in [1.82, 2.24) is 9.88 Å². The van der Waals surface area contributed by atoms with Crippen molar-refractivity contribution < 1.29 is 9.18 Å². The topological polar surface area (TPSA) is 33.2 Å². The maximum atomic E-state index is 13.1. The lowest BCUT2D eigenvalue weighted by atomic mass is 9.94. The molecule has 1 atom stereocenters. The molecule has 0 bridgehead atoms. The molecule has 114 valence electrons. The maximum absolute atomic E-state index is 13.1. The Morgan fingerprint density at radius 3 is 2.68 bits per heavy atom. The highest BCUT2D eigenvalue weighted by Crippen LogP contribution is 2.27. The van der Waals surface area contributed by atoms with Gasteiger partial charge in [-0.1, -0.05) is 24.6 Å². The third kappa shape index (κ3) is 3.32. The van der Waals surface area contributed by atoms with Crippen molar-refractivity contribution in [2.45, 2.75) is 25.2 Å². The molecule has 1 aromatic heterocycles. The summed E-state index contributed by atoms with van der Waals surface area (Å²) in [6.45, 7) is 1.42. The summed E-state index contributed by atoms with van der Waals surface area (Å²) in [6, 6.07) is 12.0. The van der Waals surface area contributed by atoms with E-state index in [4.69, 9.17) is 0 Å². The molecule has 0 saturated carbocycles. The minimum atomic E-state index is -0.223. The summed E-state index contributed by atoms with van der Waals surface area (Å²) in [4.78, 5) is 18.6. The van der Waals surface area contributed by atoms with E-state index in [1.807, 2.05) is 23.1 Å². The van der Waals surface area contributed by atoms with Crippen LogP contribution in [0.3, 0.4) is 0 Å². The van der Waals surface area contributed by atoms with Crippen molar-refractivity contribution in [3.05, 3.63) is 65.7 Å². The van der Waals surface area contributed by atoms with Gasteiger partial charge >= 0.3 is 0 Å². The second-order valence-electron chi connectivity index (χ2n) is 5.71. The van der Waals surface area contributed by atoms with E-state index in [-0.39, 0.29) is 17.6 Å². The molecule has 0 radical (unpaired) electrons. The fourth-order valence-corrected chi connectivity index (χ4v) is 2.98. The van der Waals surface area contributed by atoms with E-state index in [2.05, 4.69) is 4.98 Å². The number of likely N-dealkylation sites (tertiary alicyclic amines) is 1. The molecule has 3 rings (SSSR count). The van der Waals surface area contributed by atoms with Crippen LogP contribution in [-0.4, -0.2) is 28.9 Å². The number of rotatable bonds is 2. The van der Waals surface area contributed by atoms with Gasteiger partial charge < -0.3 is 4.90 Å². The summed E-state index contributed by atoms with van der Waals surface area (Å²) in [6.07, 6.45) is 4.74. The predicted molar refractivity (Wildman–Crippen MR) is 83.1 cm³/mol. The number of halogens is 1. The molecule has 1 amide bonds. The summed E-state index contributed by atoms with van der Waals surface area (Å²) >= 11 is 0. The molecule has 1 fully saturated rings. The minimum Gasteiger partial charge on any atom is -0.337 e. The molecule has 0 spiro atoms. The fraction of sp³-hybridized carbons (Fsp3) is 0.333. The van der Waals surface area contributed by atoms with E-state index in [0.717, 1.165) is 31.4 Å². The second kappa shape index (κ2) is 6.69. The van der Waals surface area contributed by atoms with E-state index in [9.17, 15) is 9.18 Å². The summed E-state index contributed by atoms with van der Waals surface area (Å²) in [5, 5.41) is 0. The summed E-state index contributed by atoms with van der Waals surface area (Å²) in [7, 11) is 0. The van der Waals surface area contributed by atoms with Gasteiger partial charge in [0.2, 0.25) is 0 Å². The third-order valence-corrected chi connectivity index (χ3v) is 4.18. The van der Waals surface area contributed by atoms with Crippen LogP contribution in [-0.2, 0) is 0 Å². The van der Waals surface area contributed by atoms with E-state index in [1.165, 1.54) is 12.1 Å². The number of carbonyl (C=O) groups excluding carboxylic acids is 1. The van der Waals surface area contributed by atoms with Gasteiger partial charge in [0, 0.05) is 25.2 Å². The molecule has 4 heteroatoms. The van der Waals surface area contributed by atoms with Crippen molar-refractivity contribution in [3.8, 4) is 0 Å². The largest absolute Gasteiger partial charge is 0.337 e. The molecule has 0 aliphatic carbocycles. The van der Waals surface area contributed by atoms with Gasteiger partial charge in [-0.25, -0.2) is 4.39 Å². The van der Waals surface area contributed by atoms with E-state index < -0.39 is 0 Å². The van der Waals surface area contributed by atoms with Gasteiger partial charge in [0.25, 0.3) is 5.91 Å². The maximum Gasteiger partial charge on any atom is 0.272 e. The molecular formula is C18H19FN2O. The van der Waals surface area contributed by atoms with Crippen molar-refractivity contribution >= 4 is 5.91 Å². The first kappa shape index (κ1) is 14.7. The Kier molecular flexibility index (Phi) is 4.47. The Morgan fingerprint density at radius 1 is 1.14 bits per heavy atom. The Bertz CT molecular complexity index is 627. The number of pyridine rings is 1. The first-order chi connectivity index (χ1) is 10.7. The van der Waals surface area contributed by atoms with Crippen LogP contribution < -0.4 is 0 Å². The van der Waals surface area contributed by atoms with Gasteiger partial charge in [-0.3, -0.25) is 9.78 Å². The smallest absolute Gasteiger partial charge is 0.272 e. The number of hydrogen-bond donors (Lipinski definition) is 0.